The first-order valence-corrected chi connectivity index (χ1v) is 11.7. The molecule has 1 heterocycles. The third kappa shape index (κ3) is 5.62. The second-order valence-corrected chi connectivity index (χ2v) is 9.20. The van der Waals surface area contributed by atoms with E-state index in [1.807, 2.05) is 6.07 Å². The Kier molecular flexibility index (Phi) is 7.25. The van der Waals surface area contributed by atoms with Crippen LogP contribution in [0.25, 0.3) is 4.85 Å². The van der Waals surface area contributed by atoms with E-state index in [9.17, 15) is 9.59 Å². The maximum atomic E-state index is 13.0. The fourth-order valence-corrected chi connectivity index (χ4v) is 4.33. The monoisotopic (exact) mass is 455 g/mol. The van der Waals surface area contributed by atoms with E-state index >= 15 is 0 Å². The van der Waals surface area contributed by atoms with Crippen LogP contribution in [0.2, 0.25) is 0 Å². The number of hydrogen-bond acceptors (Lipinski definition) is 4. The van der Waals surface area contributed by atoms with E-state index in [0.717, 1.165) is 19.4 Å². The highest BCUT2D eigenvalue weighted by Gasteiger charge is 2.39. The lowest BCUT2D eigenvalue weighted by Gasteiger charge is -2.34. The standard InChI is InChI=1S/C27H29N5O2/c1-18-5-9-20(10-6-18)23-14-25(23)30-13-3-4-24(27(34)32-16-22(17-32)29-2)31-26(33)21-11-7-19(15-28)8-12-21/h5-12,22-25,30H,3-4,13-14,16-17H2,1H3,(H,31,33)/t23-,24-,25+/m0/s1. The van der Waals surface area contributed by atoms with E-state index in [4.69, 9.17) is 11.8 Å². The summed E-state index contributed by atoms with van der Waals surface area (Å²) < 4.78 is 0. The lowest BCUT2D eigenvalue weighted by Crippen LogP contribution is -2.58. The van der Waals surface area contributed by atoms with Crippen LogP contribution >= 0.6 is 0 Å². The highest BCUT2D eigenvalue weighted by Crippen LogP contribution is 2.40. The third-order valence-corrected chi connectivity index (χ3v) is 6.61. The van der Waals surface area contributed by atoms with Crippen LogP contribution in [0.1, 0.15) is 52.2 Å². The van der Waals surface area contributed by atoms with E-state index in [-0.39, 0.29) is 17.9 Å². The van der Waals surface area contributed by atoms with Gasteiger partial charge in [0.25, 0.3) is 11.9 Å². The van der Waals surface area contributed by atoms with Crippen molar-refractivity contribution in [3.05, 3.63) is 82.2 Å². The lowest BCUT2D eigenvalue weighted by molar-refractivity contribution is -0.137. The molecule has 2 aromatic rings. The zero-order valence-electron chi connectivity index (χ0n) is 19.3. The molecule has 0 bridgehead atoms. The van der Waals surface area contributed by atoms with Gasteiger partial charge in [0.05, 0.1) is 24.7 Å². The van der Waals surface area contributed by atoms with E-state index < -0.39 is 6.04 Å². The summed E-state index contributed by atoms with van der Waals surface area (Å²) in [5.74, 6) is 0.0753. The Hall–Kier alpha value is -3.68. The molecule has 2 N–H and O–H groups in total. The molecule has 7 nitrogen and oxygen atoms in total. The van der Waals surface area contributed by atoms with E-state index in [2.05, 4.69) is 46.7 Å². The number of carbonyl (C=O) groups is 2. The Labute approximate surface area is 200 Å². The minimum atomic E-state index is -0.635. The molecule has 1 aliphatic heterocycles. The normalized spacial score (nSPS) is 19.9. The number of carbonyl (C=O) groups excluding carboxylic acids is 2. The van der Waals surface area contributed by atoms with Gasteiger partial charge in [-0.25, -0.2) is 6.57 Å². The van der Waals surface area contributed by atoms with Gasteiger partial charge in [0.2, 0.25) is 5.91 Å². The molecule has 0 spiro atoms. The number of aryl methyl sites for hydroxylation is 1. The summed E-state index contributed by atoms with van der Waals surface area (Å²) in [6.45, 7) is 10.8. The second kappa shape index (κ2) is 10.5. The van der Waals surface area contributed by atoms with Crippen molar-refractivity contribution in [1.29, 1.82) is 5.26 Å². The Morgan fingerprint density at radius 1 is 1.18 bits per heavy atom. The maximum Gasteiger partial charge on any atom is 0.258 e. The summed E-state index contributed by atoms with van der Waals surface area (Å²) >= 11 is 0. The molecule has 34 heavy (non-hydrogen) atoms. The van der Waals surface area contributed by atoms with E-state index in [1.165, 1.54) is 11.1 Å². The zero-order valence-corrected chi connectivity index (χ0v) is 19.3. The minimum absolute atomic E-state index is 0.133. The number of rotatable bonds is 9. The minimum Gasteiger partial charge on any atom is -0.340 e. The average molecular weight is 456 g/mol. The van der Waals surface area contributed by atoms with Gasteiger partial charge in [-0.15, -0.1) is 0 Å². The number of amides is 2. The lowest BCUT2D eigenvalue weighted by atomic mass is 10.0. The van der Waals surface area contributed by atoms with Crippen molar-refractivity contribution < 1.29 is 9.59 Å². The quantitative estimate of drug-likeness (QED) is 0.449. The predicted molar refractivity (Wildman–Crippen MR) is 129 cm³/mol. The summed E-state index contributed by atoms with van der Waals surface area (Å²) in [6, 6.07) is 16.7. The molecule has 2 fully saturated rings. The van der Waals surface area contributed by atoms with Crippen molar-refractivity contribution in [2.24, 2.45) is 0 Å². The van der Waals surface area contributed by atoms with Crippen LogP contribution in [-0.2, 0) is 4.79 Å². The van der Waals surface area contributed by atoms with Crippen LogP contribution in [0.5, 0.6) is 0 Å². The van der Waals surface area contributed by atoms with Crippen molar-refractivity contribution in [1.82, 2.24) is 15.5 Å². The van der Waals surface area contributed by atoms with Gasteiger partial charge < -0.3 is 20.4 Å². The first-order valence-electron chi connectivity index (χ1n) is 11.7. The van der Waals surface area contributed by atoms with Crippen molar-refractivity contribution >= 4 is 11.8 Å². The van der Waals surface area contributed by atoms with Gasteiger partial charge in [-0.05, 0) is 62.6 Å². The third-order valence-electron chi connectivity index (χ3n) is 6.61. The fraction of sp³-hybridized carbons (Fsp3) is 0.407. The highest BCUT2D eigenvalue weighted by molar-refractivity contribution is 5.97. The van der Waals surface area contributed by atoms with E-state index in [1.54, 1.807) is 29.2 Å². The summed E-state index contributed by atoms with van der Waals surface area (Å²) in [5.41, 5.74) is 3.51. The van der Waals surface area contributed by atoms with Gasteiger partial charge in [-0.1, -0.05) is 29.8 Å². The number of nitriles is 1. The topological polar surface area (TPSA) is 89.6 Å². The SMILES string of the molecule is [C-]#[N+]C1CN(C(=O)[C@H](CCCN[C@@H]2C[C@H]2c2ccc(C)cc2)NC(=O)c2ccc(C#N)cc2)C1. The van der Waals surface area contributed by atoms with Gasteiger partial charge in [0.15, 0.2) is 0 Å². The van der Waals surface area contributed by atoms with Gasteiger partial charge in [0.1, 0.15) is 6.04 Å². The fourth-order valence-electron chi connectivity index (χ4n) is 4.33. The molecular formula is C27H29N5O2. The van der Waals surface area contributed by atoms with Crippen LogP contribution < -0.4 is 10.6 Å². The van der Waals surface area contributed by atoms with Crippen molar-refractivity contribution in [2.45, 2.75) is 50.2 Å². The Morgan fingerprint density at radius 3 is 2.53 bits per heavy atom. The number of nitrogens with zero attached hydrogens (tertiary/aromatic N) is 3. The number of nitrogens with one attached hydrogen (secondary N) is 2. The molecule has 2 amide bonds. The molecular weight excluding hydrogens is 426 g/mol. The molecule has 0 unspecified atom stereocenters. The van der Waals surface area contributed by atoms with Gasteiger partial charge >= 0.3 is 0 Å². The number of hydrogen-bond donors (Lipinski definition) is 2. The molecule has 2 aromatic carbocycles. The van der Waals surface area contributed by atoms with Gasteiger partial charge in [-0.2, -0.15) is 5.26 Å². The molecule has 4 rings (SSSR count). The molecule has 0 radical (unpaired) electrons. The van der Waals surface area contributed by atoms with Crippen LogP contribution in [0, 0.1) is 24.8 Å². The summed E-state index contributed by atoms with van der Waals surface area (Å²) in [4.78, 5) is 30.9. The summed E-state index contributed by atoms with van der Waals surface area (Å²) in [6.07, 6.45) is 2.39. The Morgan fingerprint density at radius 2 is 1.88 bits per heavy atom. The van der Waals surface area contributed by atoms with E-state index in [0.29, 0.717) is 42.6 Å². The second-order valence-electron chi connectivity index (χ2n) is 9.20. The molecule has 0 aromatic heterocycles. The molecule has 3 atom stereocenters. The van der Waals surface area contributed by atoms with Crippen LogP contribution in [0.15, 0.2) is 48.5 Å². The smallest absolute Gasteiger partial charge is 0.258 e. The van der Waals surface area contributed by atoms with Gasteiger partial charge in [0, 0.05) is 17.5 Å². The van der Waals surface area contributed by atoms with Crippen LogP contribution in [0.4, 0.5) is 0 Å². The van der Waals surface area contributed by atoms with Crippen LogP contribution in [-0.4, -0.2) is 54.5 Å². The molecule has 1 saturated heterocycles. The average Bonchev–Trinajstić information content (AvgIpc) is 3.60. The Bertz CT molecular complexity index is 1110. The maximum absolute atomic E-state index is 13.0. The molecule has 1 aliphatic carbocycles. The zero-order chi connectivity index (χ0) is 24.1. The number of likely N-dealkylation sites (tertiary alicyclic amines) is 1. The first kappa shape index (κ1) is 23.5. The van der Waals surface area contributed by atoms with Crippen molar-refractivity contribution in [3.63, 3.8) is 0 Å². The molecule has 1 saturated carbocycles. The van der Waals surface area contributed by atoms with Crippen LogP contribution in [0.3, 0.4) is 0 Å². The molecule has 7 heteroatoms. The summed E-state index contributed by atoms with van der Waals surface area (Å²) in [5, 5.41) is 15.4. The van der Waals surface area contributed by atoms with Crippen molar-refractivity contribution in [3.8, 4) is 6.07 Å². The molecule has 2 aliphatic rings. The summed E-state index contributed by atoms with van der Waals surface area (Å²) in [7, 11) is 0. The Balaban J connectivity index is 1.29. The number of benzene rings is 2. The molecule has 174 valence electrons. The first-order chi connectivity index (χ1) is 16.5. The highest BCUT2D eigenvalue weighted by atomic mass is 16.2. The van der Waals surface area contributed by atoms with Crippen molar-refractivity contribution in [2.75, 3.05) is 19.6 Å². The predicted octanol–water partition coefficient (Wildman–Crippen LogP) is 3.02. The van der Waals surface area contributed by atoms with Gasteiger partial charge in [-0.3, -0.25) is 9.59 Å². The largest absolute Gasteiger partial charge is 0.340 e.